The Morgan fingerprint density at radius 3 is 1.93 bits per heavy atom. The number of ether oxygens (including phenoxy) is 1. The molecule has 1 spiro atoms. The summed E-state index contributed by atoms with van der Waals surface area (Å²) in [5, 5.41) is 18.3. The number of piperidine rings is 1. The first-order valence-electron chi connectivity index (χ1n) is 4.85. The second-order valence-corrected chi connectivity index (χ2v) is 3.77. The zero-order chi connectivity index (χ0) is 11.3. The van der Waals surface area contributed by atoms with Crippen LogP contribution in [0.3, 0.4) is 0 Å². The molecule has 0 amide bonds. The smallest absolute Gasteiger partial charge is 0.414 e. The maximum absolute atomic E-state index is 9.10. The van der Waals surface area contributed by atoms with Gasteiger partial charge in [0.2, 0.25) is 0 Å². The number of rotatable bonds is 0. The van der Waals surface area contributed by atoms with Gasteiger partial charge in [-0.15, -0.1) is 0 Å². The summed E-state index contributed by atoms with van der Waals surface area (Å²) < 4.78 is 5.15. The predicted octanol–water partition coefficient (Wildman–Crippen LogP) is -0.315. The first-order valence-corrected chi connectivity index (χ1v) is 4.85. The number of aliphatic carboxylic acids is 2. The average molecular weight is 217 g/mol. The van der Waals surface area contributed by atoms with Crippen LogP contribution in [0.2, 0.25) is 0 Å². The van der Waals surface area contributed by atoms with Crippen LogP contribution in [0.4, 0.5) is 0 Å². The quantitative estimate of drug-likeness (QED) is 0.481. The van der Waals surface area contributed by atoms with Gasteiger partial charge in [-0.1, -0.05) is 6.42 Å². The average Bonchev–Trinajstić information content (AvgIpc) is 2.17. The van der Waals surface area contributed by atoms with Crippen LogP contribution in [0, 0.1) is 0 Å². The number of nitrogens with one attached hydrogen (secondary N) is 1. The highest BCUT2D eigenvalue weighted by molar-refractivity contribution is 6.27. The molecule has 2 saturated heterocycles. The number of hydrogen-bond acceptors (Lipinski definition) is 4. The first kappa shape index (κ1) is 11.9. The molecule has 2 aliphatic rings. The third kappa shape index (κ3) is 3.49. The van der Waals surface area contributed by atoms with Gasteiger partial charge in [0.25, 0.3) is 0 Å². The van der Waals surface area contributed by atoms with Crippen molar-refractivity contribution in [1.29, 1.82) is 0 Å². The van der Waals surface area contributed by atoms with Crippen molar-refractivity contribution in [3.8, 4) is 0 Å². The molecule has 6 heteroatoms. The fourth-order valence-electron chi connectivity index (χ4n) is 1.63. The van der Waals surface area contributed by atoms with Crippen LogP contribution in [0.15, 0.2) is 0 Å². The molecule has 2 heterocycles. The molecule has 0 unspecified atom stereocenters. The number of carbonyl (C=O) groups is 2. The third-order valence-electron chi connectivity index (χ3n) is 2.52. The van der Waals surface area contributed by atoms with Crippen LogP contribution in [0.5, 0.6) is 0 Å². The summed E-state index contributed by atoms with van der Waals surface area (Å²) in [7, 11) is 0. The molecule has 2 aliphatic heterocycles. The van der Waals surface area contributed by atoms with Crippen LogP contribution in [0.25, 0.3) is 0 Å². The summed E-state index contributed by atoms with van der Waals surface area (Å²) in [6.07, 6.45) is 4.06. The van der Waals surface area contributed by atoms with Crippen molar-refractivity contribution < 1.29 is 24.5 Å². The Bertz CT molecular complexity index is 229. The Balaban J connectivity index is 0.000000167. The molecule has 0 radical (unpaired) electrons. The predicted molar refractivity (Wildman–Crippen MR) is 50.7 cm³/mol. The van der Waals surface area contributed by atoms with Gasteiger partial charge in [0.15, 0.2) is 0 Å². The Hall–Kier alpha value is -1.14. The highest BCUT2D eigenvalue weighted by Gasteiger charge is 2.38. The summed E-state index contributed by atoms with van der Waals surface area (Å²) in [6, 6.07) is 0. The monoisotopic (exact) mass is 217 g/mol. The molecule has 86 valence electrons. The molecule has 0 aromatic rings. The molecule has 3 N–H and O–H groups in total. The Kier molecular flexibility index (Phi) is 4.05. The SMILES string of the molecule is C1CCC2(COC2)NC1.O=C(O)C(=O)O. The summed E-state index contributed by atoms with van der Waals surface area (Å²) in [6.45, 7) is 3.10. The summed E-state index contributed by atoms with van der Waals surface area (Å²) >= 11 is 0. The number of hydrogen-bond donors (Lipinski definition) is 3. The largest absolute Gasteiger partial charge is 0.473 e. The molecule has 2 fully saturated rings. The summed E-state index contributed by atoms with van der Waals surface area (Å²) in [4.78, 5) is 18.2. The first-order chi connectivity index (χ1) is 7.06. The van der Waals surface area contributed by atoms with Crippen molar-refractivity contribution in [3.63, 3.8) is 0 Å². The Labute approximate surface area is 87.2 Å². The van der Waals surface area contributed by atoms with Crippen LogP contribution >= 0.6 is 0 Å². The van der Waals surface area contributed by atoms with E-state index < -0.39 is 11.9 Å². The standard InChI is InChI=1S/C7H13NO.C2H2O4/c1-2-4-8-7(3-1)5-9-6-7;3-1(4)2(5)6/h8H,1-6H2;(H,3,4)(H,5,6). The van der Waals surface area contributed by atoms with Crippen molar-refractivity contribution >= 4 is 11.9 Å². The molecular formula is C9H15NO5. The maximum atomic E-state index is 9.10. The van der Waals surface area contributed by atoms with Gasteiger partial charge < -0.3 is 20.3 Å². The van der Waals surface area contributed by atoms with E-state index in [1.54, 1.807) is 0 Å². The summed E-state index contributed by atoms with van der Waals surface area (Å²) in [5.41, 5.74) is 0.429. The van der Waals surface area contributed by atoms with Crippen molar-refractivity contribution in [3.05, 3.63) is 0 Å². The second kappa shape index (κ2) is 5.09. The topological polar surface area (TPSA) is 95.9 Å². The van der Waals surface area contributed by atoms with E-state index in [-0.39, 0.29) is 0 Å². The molecule has 0 aromatic carbocycles. The molecule has 2 rings (SSSR count). The van der Waals surface area contributed by atoms with E-state index in [0.29, 0.717) is 5.54 Å². The van der Waals surface area contributed by atoms with Gasteiger partial charge in [-0.25, -0.2) is 9.59 Å². The lowest BCUT2D eigenvalue weighted by atomic mass is 9.87. The number of carboxylic acids is 2. The lowest BCUT2D eigenvalue weighted by Gasteiger charge is -2.45. The zero-order valence-corrected chi connectivity index (χ0v) is 8.36. The van der Waals surface area contributed by atoms with Gasteiger partial charge in [0, 0.05) is 0 Å². The normalized spacial score (nSPS) is 22.1. The van der Waals surface area contributed by atoms with E-state index >= 15 is 0 Å². The zero-order valence-electron chi connectivity index (χ0n) is 8.36. The van der Waals surface area contributed by atoms with Gasteiger partial charge in [-0.3, -0.25) is 0 Å². The van der Waals surface area contributed by atoms with E-state index in [0.717, 1.165) is 13.2 Å². The van der Waals surface area contributed by atoms with Gasteiger partial charge >= 0.3 is 11.9 Å². The van der Waals surface area contributed by atoms with E-state index in [1.807, 2.05) is 0 Å². The molecule has 6 nitrogen and oxygen atoms in total. The van der Waals surface area contributed by atoms with Crippen molar-refractivity contribution in [1.82, 2.24) is 5.32 Å². The lowest BCUT2D eigenvalue weighted by molar-refractivity contribution is -0.159. The minimum absolute atomic E-state index is 0.429. The van der Waals surface area contributed by atoms with Gasteiger partial charge in [0.1, 0.15) is 0 Å². The lowest BCUT2D eigenvalue weighted by Crippen LogP contribution is -2.62. The van der Waals surface area contributed by atoms with E-state index in [4.69, 9.17) is 24.5 Å². The van der Waals surface area contributed by atoms with Crippen molar-refractivity contribution in [2.75, 3.05) is 19.8 Å². The third-order valence-corrected chi connectivity index (χ3v) is 2.52. The van der Waals surface area contributed by atoms with Crippen LogP contribution in [-0.4, -0.2) is 47.4 Å². The molecule has 15 heavy (non-hydrogen) atoms. The van der Waals surface area contributed by atoms with E-state index in [1.165, 1.54) is 25.8 Å². The molecule has 0 atom stereocenters. The molecule has 0 aromatic heterocycles. The number of carboxylic acid groups (broad SMARTS) is 2. The minimum atomic E-state index is -1.82. The molecular weight excluding hydrogens is 202 g/mol. The van der Waals surface area contributed by atoms with Crippen LogP contribution in [0.1, 0.15) is 19.3 Å². The minimum Gasteiger partial charge on any atom is -0.473 e. The Morgan fingerprint density at radius 2 is 1.73 bits per heavy atom. The van der Waals surface area contributed by atoms with Crippen LogP contribution < -0.4 is 5.32 Å². The molecule has 0 bridgehead atoms. The molecule has 0 saturated carbocycles. The van der Waals surface area contributed by atoms with Crippen molar-refractivity contribution in [2.24, 2.45) is 0 Å². The second-order valence-electron chi connectivity index (χ2n) is 3.77. The fraction of sp³-hybridized carbons (Fsp3) is 0.778. The summed E-state index contributed by atoms with van der Waals surface area (Å²) in [5.74, 6) is -3.65. The maximum Gasteiger partial charge on any atom is 0.414 e. The van der Waals surface area contributed by atoms with Gasteiger partial charge in [0.05, 0.1) is 18.8 Å². The highest BCUT2D eigenvalue weighted by atomic mass is 16.5. The van der Waals surface area contributed by atoms with Crippen LogP contribution in [-0.2, 0) is 14.3 Å². The van der Waals surface area contributed by atoms with E-state index in [2.05, 4.69) is 5.32 Å². The molecule has 0 aliphatic carbocycles. The van der Waals surface area contributed by atoms with Gasteiger partial charge in [-0.2, -0.15) is 0 Å². The van der Waals surface area contributed by atoms with E-state index in [9.17, 15) is 0 Å². The van der Waals surface area contributed by atoms with Gasteiger partial charge in [-0.05, 0) is 19.4 Å². The van der Waals surface area contributed by atoms with Crippen molar-refractivity contribution in [2.45, 2.75) is 24.8 Å². The Morgan fingerprint density at radius 1 is 1.13 bits per heavy atom. The fourth-order valence-corrected chi connectivity index (χ4v) is 1.63. The highest BCUT2D eigenvalue weighted by Crippen LogP contribution is 2.26.